The fraction of sp³-hybridized carbons (Fsp3) is 0.333. The lowest BCUT2D eigenvalue weighted by Crippen LogP contribution is -2.02. The van der Waals surface area contributed by atoms with Gasteiger partial charge >= 0.3 is 0 Å². The number of nitriles is 2. The van der Waals surface area contributed by atoms with E-state index < -0.39 is 5.82 Å². The third-order valence-electron chi connectivity index (χ3n) is 2.46. The molecule has 0 aliphatic carbocycles. The summed E-state index contributed by atoms with van der Waals surface area (Å²) in [6.07, 6.45) is 2.23. The number of halogens is 1. The Kier molecular flexibility index (Phi) is 5.57. The van der Waals surface area contributed by atoms with Crippen LogP contribution in [0.15, 0.2) is 23.8 Å². The van der Waals surface area contributed by atoms with Gasteiger partial charge in [-0.15, -0.1) is 0 Å². The normalized spacial score (nSPS) is 9.58. The van der Waals surface area contributed by atoms with Crippen LogP contribution in [0.1, 0.15) is 25.8 Å². The first-order chi connectivity index (χ1) is 9.06. The molecule has 0 saturated carbocycles. The number of nitrogens with zero attached hydrogens (tertiary/aromatic N) is 2. The molecule has 0 heterocycles. The van der Waals surface area contributed by atoms with Crippen molar-refractivity contribution in [3.05, 3.63) is 35.2 Å². The van der Waals surface area contributed by atoms with E-state index in [0.717, 1.165) is 6.42 Å². The minimum Gasteiger partial charge on any atom is -0.490 e. The third-order valence-corrected chi connectivity index (χ3v) is 2.46. The summed E-state index contributed by atoms with van der Waals surface area (Å²) in [5, 5.41) is 17.3. The molecule has 0 aliphatic heterocycles. The average Bonchev–Trinajstić information content (AvgIpc) is 2.38. The Balaban J connectivity index is 2.86. The lowest BCUT2D eigenvalue weighted by atomic mass is 10.1. The van der Waals surface area contributed by atoms with Gasteiger partial charge < -0.3 is 4.74 Å². The summed E-state index contributed by atoms with van der Waals surface area (Å²) < 4.78 is 18.9. The highest BCUT2D eigenvalue weighted by Crippen LogP contribution is 2.21. The summed E-state index contributed by atoms with van der Waals surface area (Å²) >= 11 is 0. The third kappa shape index (κ3) is 4.81. The zero-order valence-corrected chi connectivity index (χ0v) is 11.0. The maximum atomic E-state index is 13.5. The Hall–Kier alpha value is -2.33. The summed E-state index contributed by atoms with van der Waals surface area (Å²) in [5.41, 5.74) is 0.541. The van der Waals surface area contributed by atoms with Crippen LogP contribution >= 0.6 is 0 Å². The quantitative estimate of drug-likeness (QED) is 0.757. The van der Waals surface area contributed by atoms with E-state index in [1.54, 1.807) is 12.1 Å². The van der Waals surface area contributed by atoms with Crippen LogP contribution in [-0.4, -0.2) is 6.61 Å². The molecule has 1 rings (SSSR count). The van der Waals surface area contributed by atoms with Crippen LogP contribution in [0.4, 0.5) is 4.39 Å². The van der Waals surface area contributed by atoms with Gasteiger partial charge in [0.25, 0.3) is 0 Å². The van der Waals surface area contributed by atoms with Gasteiger partial charge in [-0.05, 0) is 36.1 Å². The molecule has 3 nitrogen and oxygen atoms in total. The molecule has 0 N–H and O–H groups in total. The predicted molar refractivity (Wildman–Crippen MR) is 70.6 cm³/mol. The summed E-state index contributed by atoms with van der Waals surface area (Å²) in [7, 11) is 0. The van der Waals surface area contributed by atoms with Crippen LogP contribution in [0.2, 0.25) is 0 Å². The number of benzene rings is 1. The van der Waals surface area contributed by atoms with Gasteiger partial charge in [0, 0.05) is 0 Å². The monoisotopic (exact) mass is 258 g/mol. The van der Waals surface area contributed by atoms with Crippen LogP contribution in [0.5, 0.6) is 5.75 Å². The molecular weight excluding hydrogens is 243 g/mol. The van der Waals surface area contributed by atoms with Crippen LogP contribution < -0.4 is 4.74 Å². The van der Waals surface area contributed by atoms with Crippen molar-refractivity contribution in [3.63, 3.8) is 0 Å². The fourth-order valence-electron chi connectivity index (χ4n) is 1.38. The average molecular weight is 258 g/mol. The number of hydrogen-bond acceptors (Lipinski definition) is 3. The van der Waals surface area contributed by atoms with E-state index in [4.69, 9.17) is 15.3 Å². The highest BCUT2D eigenvalue weighted by molar-refractivity contribution is 5.62. The maximum absolute atomic E-state index is 13.5. The minimum atomic E-state index is -0.448. The van der Waals surface area contributed by atoms with E-state index >= 15 is 0 Å². The molecule has 0 unspecified atom stereocenters. The molecule has 1 aromatic carbocycles. The van der Waals surface area contributed by atoms with Gasteiger partial charge in [-0.25, -0.2) is 4.39 Å². The standard InChI is InChI=1S/C15H15FN2O/c1-11(2)5-6-19-15-8-12(3-4-14(15)16)7-13(9-17)10-18/h3-4,7-8,11H,5-6H2,1-2H3. The van der Waals surface area contributed by atoms with E-state index in [-0.39, 0.29) is 11.3 Å². The number of hydrogen-bond donors (Lipinski definition) is 0. The van der Waals surface area contributed by atoms with Gasteiger partial charge in [-0.3, -0.25) is 0 Å². The van der Waals surface area contributed by atoms with E-state index in [1.807, 2.05) is 0 Å². The van der Waals surface area contributed by atoms with E-state index in [9.17, 15) is 4.39 Å². The molecule has 1 aromatic rings. The summed E-state index contributed by atoms with van der Waals surface area (Å²) in [5.74, 6) is 0.177. The van der Waals surface area contributed by atoms with Crippen LogP contribution in [0, 0.1) is 34.4 Å². The largest absolute Gasteiger partial charge is 0.490 e. The molecule has 19 heavy (non-hydrogen) atoms. The molecule has 0 atom stereocenters. The van der Waals surface area contributed by atoms with Crippen molar-refractivity contribution in [2.75, 3.05) is 6.61 Å². The lowest BCUT2D eigenvalue weighted by Gasteiger charge is -2.09. The Morgan fingerprint density at radius 1 is 1.37 bits per heavy atom. The molecule has 0 fully saturated rings. The molecule has 0 spiro atoms. The van der Waals surface area contributed by atoms with E-state index in [0.29, 0.717) is 18.1 Å². The van der Waals surface area contributed by atoms with Gasteiger partial charge in [-0.2, -0.15) is 10.5 Å². The molecule has 0 aliphatic rings. The Bertz CT molecular complexity index is 534. The molecule has 0 radical (unpaired) electrons. The molecule has 4 heteroatoms. The minimum absolute atomic E-state index is 0.0280. The zero-order valence-electron chi connectivity index (χ0n) is 11.0. The fourth-order valence-corrected chi connectivity index (χ4v) is 1.38. The summed E-state index contributed by atoms with van der Waals surface area (Å²) in [6.45, 7) is 4.56. The molecule has 0 aromatic heterocycles. The van der Waals surface area contributed by atoms with Gasteiger partial charge in [0.05, 0.1) is 6.61 Å². The zero-order chi connectivity index (χ0) is 14.3. The van der Waals surface area contributed by atoms with E-state index in [1.165, 1.54) is 24.3 Å². The molecule has 98 valence electrons. The summed E-state index contributed by atoms with van der Waals surface area (Å²) in [4.78, 5) is 0. The van der Waals surface area contributed by atoms with Crippen molar-refractivity contribution in [1.82, 2.24) is 0 Å². The Labute approximate surface area is 112 Å². The van der Waals surface area contributed by atoms with Crippen LogP contribution in [0.3, 0.4) is 0 Å². The van der Waals surface area contributed by atoms with Gasteiger partial charge in [-0.1, -0.05) is 19.9 Å². The highest BCUT2D eigenvalue weighted by atomic mass is 19.1. The first-order valence-corrected chi connectivity index (χ1v) is 6.01. The molecule has 0 bridgehead atoms. The molecule has 0 saturated heterocycles. The number of allylic oxidation sites excluding steroid dienone is 1. The van der Waals surface area contributed by atoms with Crippen molar-refractivity contribution in [2.24, 2.45) is 5.92 Å². The van der Waals surface area contributed by atoms with Gasteiger partial charge in [0.2, 0.25) is 0 Å². The molecular formula is C15H15FN2O. The van der Waals surface area contributed by atoms with Gasteiger partial charge in [0.1, 0.15) is 17.7 Å². The first-order valence-electron chi connectivity index (χ1n) is 6.01. The van der Waals surface area contributed by atoms with Crippen molar-refractivity contribution in [2.45, 2.75) is 20.3 Å². The van der Waals surface area contributed by atoms with Crippen molar-refractivity contribution >= 4 is 6.08 Å². The highest BCUT2D eigenvalue weighted by Gasteiger charge is 2.05. The maximum Gasteiger partial charge on any atom is 0.165 e. The van der Waals surface area contributed by atoms with Crippen LogP contribution in [-0.2, 0) is 0 Å². The van der Waals surface area contributed by atoms with Crippen molar-refractivity contribution in [1.29, 1.82) is 10.5 Å². The SMILES string of the molecule is CC(C)CCOc1cc(C=C(C#N)C#N)ccc1F. The van der Waals surface area contributed by atoms with Crippen LogP contribution in [0.25, 0.3) is 6.08 Å². The first kappa shape index (κ1) is 14.7. The Morgan fingerprint density at radius 2 is 2.05 bits per heavy atom. The summed E-state index contributed by atoms with van der Waals surface area (Å²) in [6, 6.07) is 7.77. The smallest absolute Gasteiger partial charge is 0.165 e. The Morgan fingerprint density at radius 3 is 2.63 bits per heavy atom. The van der Waals surface area contributed by atoms with Gasteiger partial charge in [0.15, 0.2) is 11.6 Å². The molecule has 0 amide bonds. The topological polar surface area (TPSA) is 56.8 Å². The number of rotatable bonds is 5. The lowest BCUT2D eigenvalue weighted by molar-refractivity contribution is 0.277. The van der Waals surface area contributed by atoms with E-state index in [2.05, 4.69) is 13.8 Å². The van der Waals surface area contributed by atoms with Crippen molar-refractivity contribution in [3.8, 4) is 17.9 Å². The predicted octanol–water partition coefficient (Wildman–Crippen LogP) is 3.68. The van der Waals surface area contributed by atoms with Crippen molar-refractivity contribution < 1.29 is 9.13 Å². The second-order valence-corrected chi connectivity index (χ2v) is 4.50. The number of ether oxygens (including phenoxy) is 1. The second kappa shape index (κ2) is 7.18. The second-order valence-electron chi connectivity index (χ2n) is 4.50.